The Balaban J connectivity index is 2.42. The van der Waals surface area contributed by atoms with Crippen LogP contribution in [-0.2, 0) is 9.59 Å². The van der Waals surface area contributed by atoms with E-state index in [0.717, 1.165) is 30.8 Å². The first kappa shape index (κ1) is 14.7. The highest BCUT2D eigenvalue weighted by molar-refractivity contribution is 8.00. The Hall–Kier alpha value is -0.360. The average Bonchev–Trinajstić information content (AvgIpc) is 2.35. The fraction of sp³-hybridized carbons (Fsp3) is 0.818. The molecule has 2 N–H and O–H groups in total. The van der Waals surface area contributed by atoms with Gasteiger partial charge in [0.1, 0.15) is 6.04 Å². The van der Waals surface area contributed by atoms with Gasteiger partial charge < -0.3 is 10.4 Å². The molecule has 1 unspecified atom stereocenters. The Morgan fingerprint density at radius 2 is 2.29 bits per heavy atom. The number of carbonyl (C=O) groups excluding carboxylic acids is 1. The van der Waals surface area contributed by atoms with Crippen LogP contribution in [0.15, 0.2) is 0 Å². The molecular formula is C11H19NO3S2. The van der Waals surface area contributed by atoms with E-state index in [2.05, 4.69) is 5.32 Å². The lowest BCUT2D eigenvalue weighted by atomic mass is 10.1. The van der Waals surface area contributed by atoms with Gasteiger partial charge >= 0.3 is 5.97 Å². The third kappa shape index (κ3) is 5.21. The first-order valence-corrected chi connectivity index (χ1v) is 8.23. The van der Waals surface area contributed by atoms with Crippen LogP contribution in [0.4, 0.5) is 0 Å². The van der Waals surface area contributed by atoms with Crippen LogP contribution in [0.5, 0.6) is 0 Å². The summed E-state index contributed by atoms with van der Waals surface area (Å²) in [7, 11) is 0. The molecule has 1 saturated heterocycles. The Bertz CT molecular complexity index is 267. The van der Waals surface area contributed by atoms with Crippen molar-refractivity contribution >= 4 is 35.4 Å². The topological polar surface area (TPSA) is 66.4 Å². The van der Waals surface area contributed by atoms with Gasteiger partial charge in [-0.15, -0.1) is 11.8 Å². The molecule has 0 aromatic rings. The number of rotatable bonds is 6. The summed E-state index contributed by atoms with van der Waals surface area (Å²) in [6, 6.07) is -0.738. The molecule has 1 heterocycles. The lowest BCUT2D eigenvalue weighted by Gasteiger charge is -2.22. The molecule has 2 atom stereocenters. The number of carboxylic acids is 1. The minimum atomic E-state index is -0.937. The molecule has 0 aliphatic carbocycles. The van der Waals surface area contributed by atoms with Gasteiger partial charge in [0.2, 0.25) is 5.91 Å². The number of carboxylic acid groups (broad SMARTS) is 1. The van der Waals surface area contributed by atoms with Crippen molar-refractivity contribution < 1.29 is 14.7 Å². The van der Waals surface area contributed by atoms with Crippen LogP contribution in [0.1, 0.15) is 25.7 Å². The highest BCUT2D eigenvalue weighted by Crippen LogP contribution is 2.25. The second-order valence-electron chi connectivity index (χ2n) is 4.04. The zero-order valence-corrected chi connectivity index (χ0v) is 11.6. The van der Waals surface area contributed by atoms with Crippen LogP contribution >= 0.6 is 23.5 Å². The maximum absolute atomic E-state index is 11.9. The maximum Gasteiger partial charge on any atom is 0.326 e. The van der Waals surface area contributed by atoms with Crippen molar-refractivity contribution in [2.75, 3.05) is 17.8 Å². The number of aliphatic carboxylic acids is 1. The number of carbonyl (C=O) groups is 2. The van der Waals surface area contributed by atoms with Gasteiger partial charge in [-0.1, -0.05) is 6.42 Å². The van der Waals surface area contributed by atoms with Crippen LogP contribution in [0.2, 0.25) is 0 Å². The van der Waals surface area contributed by atoms with Crippen LogP contribution < -0.4 is 5.32 Å². The van der Waals surface area contributed by atoms with Gasteiger partial charge in [-0.25, -0.2) is 4.79 Å². The molecule has 1 fully saturated rings. The molecule has 0 aromatic carbocycles. The normalized spacial score (nSPS) is 21.8. The third-order valence-corrected chi connectivity index (χ3v) is 4.72. The van der Waals surface area contributed by atoms with Gasteiger partial charge in [0.05, 0.1) is 5.25 Å². The zero-order chi connectivity index (χ0) is 12.7. The molecule has 0 saturated carbocycles. The number of thioether (sulfide) groups is 2. The summed E-state index contributed by atoms with van der Waals surface area (Å²) >= 11 is 3.23. The van der Waals surface area contributed by atoms with Gasteiger partial charge in [0.15, 0.2) is 0 Å². The van der Waals surface area contributed by atoms with E-state index in [0.29, 0.717) is 6.42 Å². The second kappa shape index (κ2) is 7.87. The van der Waals surface area contributed by atoms with Crippen molar-refractivity contribution in [1.82, 2.24) is 5.32 Å². The van der Waals surface area contributed by atoms with E-state index in [1.54, 1.807) is 23.5 Å². The predicted octanol–water partition coefficient (Wildman–Crippen LogP) is 1.59. The van der Waals surface area contributed by atoms with E-state index in [4.69, 9.17) is 5.11 Å². The van der Waals surface area contributed by atoms with Gasteiger partial charge in [0, 0.05) is 0 Å². The summed E-state index contributed by atoms with van der Waals surface area (Å²) in [5.41, 5.74) is 0. The van der Waals surface area contributed by atoms with Gasteiger partial charge in [-0.2, -0.15) is 11.8 Å². The quantitative estimate of drug-likeness (QED) is 0.772. The third-order valence-electron chi connectivity index (χ3n) is 2.70. The summed E-state index contributed by atoms with van der Waals surface area (Å²) in [4.78, 5) is 22.9. The molecule has 17 heavy (non-hydrogen) atoms. The van der Waals surface area contributed by atoms with Crippen molar-refractivity contribution in [3.63, 3.8) is 0 Å². The Morgan fingerprint density at radius 3 is 2.82 bits per heavy atom. The standard InChI is InChI=1S/C11H19NO3S2/c1-16-7-5-8(11(14)15)12-10(13)9-4-2-3-6-17-9/h8-9H,2-7H2,1H3,(H,12,13)(H,14,15)/t8-,9?/m0/s1. The van der Waals surface area contributed by atoms with Gasteiger partial charge in [-0.05, 0) is 37.0 Å². The van der Waals surface area contributed by atoms with E-state index in [-0.39, 0.29) is 11.2 Å². The zero-order valence-electron chi connectivity index (χ0n) is 9.98. The van der Waals surface area contributed by atoms with Gasteiger partial charge in [-0.3, -0.25) is 4.79 Å². The second-order valence-corrected chi connectivity index (χ2v) is 6.33. The van der Waals surface area contributed by atoms with E-state index >= 15 is 0 Å². The molecule has 1 rings (SSSR count). The van der Waals surface area contributed by atoms with Gasteiger partial charge in [0.25, 0.3) is 0 Å². The SMILES string of the molecule is CSCC[C@H](NC(=O)C1CCCCS1)C(=O)O. The van der Waals surface area contributed by atoms with Crippen molar-refractivity contribution in [3.8, 4) is 0 Å². The molecule has 0 aromatic heterocycles. The van der Waals surface area contributed by atoms with Crippen molar-refractivity contribution in [2.24, 2.45) is 0 Å². The van der Waals surface area contributed by atoms with Crippen LogP contribution in [0, 0.1) is 0 Å². The predicted molar refractivity (Wildman–Crippen MR) is 72.7 cm³/mol. The minimum absolute atomic E-state index is 0.0557. The largest absolute Gasteiger partial charge is 0.480 e. The van der Waals surface area contributed by atoms with Crippen LogP contribution in [0.25, 0.3) is 0 Å². The summed E-state index contributed by atoms with van der Waals surface area (Å²) < 4.78 is 0. The summed E-state index contributed by atoms with van der Waals surface area (Å²) in [5.74, 6) is 0.701. The number of nitrogens with one attached hydrogen (secondary N) is 1. The van der Waals surface area contributed by atoms with Crippen molar-refractivity contribution in [2.45, 2.75) is 37.0 Å². The molecule has 1 aliphatic rings. The van der Waals surface area contributed by atoms with E-state index in [9.17, 15) is 9.59 Å². The molecule has 1 amide bonds. The van der Waals surface area contributed by atoms with Crippen molar-refractivity contribution in [3.05, 3.63) is 0 Å². The molecule has 0 radical (unpaired) electrons. The molecular weight excluding hydrogens is 258 g/mol. The minimum Gasteiger partial charge on any atom is -0.480 e. The fourth-order valence-corrected chi connectivity index (χ4v) is 3.38. The first-order valence-electron chi connectivity index (χ1n) is 5.79. The highest BCUT2D eigenvalue weighted by Gasteiger charge is 2.26. The fourth-order valence-electron chi connectivity index (χ4n) is 1.71. The van der Waals surface area contributed by atoms with Crippen LogP contribution in [-0.4, -0.2) is 46.0 Å². The van der Waals surface area contributed by atoms with E-state index < -0.39 is 12.0 Å². The Morgan fingerprint density at radius 1 is 1.53 bits per heavy atom. The molecule has 6 heteroatoms. The van der Waals surface area contributed by atoms with Crippen LogP contribution in [0.3, 0.4) is 0 Å². The first-order chi connectivity index (χ1) is 8.15. The average molecular weight is 277 g/mol. The molecule has 0 bridgehead atoms. The van der Waals surface area contributed by atoms with Crippen molar-refractivity contribution in [1.29, 1.82) is 0 Å². The number of hydrogen-bond acceptors (Lipinski definition) is 4. The number of amides is 1. The summed E-state index contributed by atoms with van der Waals surface area (Å²) in [6.45, 7) is 0. The summed E-state index contributed by atoms with van der Waals surface area (Å²) in [6.07, 6.45) is 5.50. The van der Waals surface area contributed by atoms with E-state index in [1.807, 2.05) is 6.26 Å². The monoisotopic (exact) mass is 277 g/mol. The summed E-state index contributed by atoms with van der Waals surface area (Å²) in [5, 5.41) is 11.6. The number of hydrogen-bond donors (Lipinski definition) is 2. The maximum atomic E-state index is 11.9. The molecule has 98 valence electrons. The molecule has 0 spiro atoms. The van der Waals surface area contributed by atoms with E-state index in [1.165, 1.54) is 0 Å². The molecule has 4 nitrogen and oxygen atoms in total. The Labute approximate surface area is 110 Å². The smallest absolute Gasteiger partial charge is 0.326 e. The lowest BCUT2D eigenvalue weighted by Crippen LogP contribution is -2.45. The lowest BCUT2D eigenvalue weighted by molar-refractivity contribution is -0.141. The highest BCUT2D eigenvalue weighted by atomic mass is 32.2. The Kier molecular flexibility index (Phi) is 6.80. The molecule has 1 aliphatic heterocycles.